The molecule has 1 heterocycles. The van der Waals surface area contributed by atoms with E-state index in [1.807, 2.05) is 0 Å². The average Bonchev–Trinajstić information content (AvgIpc) is 3.19. The summed E-state index contributed by atoms with van der Waals surface area (Å²) in [4.78, 5) is 7.38. The maximum Gasteiger partial charge on any atom is 0.141 e. The number of anilines is 1. The number of halogens is 1. The van der Waals surface area contributed by atoms with Gasteiger partial charge in [-0.1, -0.05) is 64.5 Å². The molecule has 0 saturated heterocycles. The third-order valence-electron chi connectivity index (χ3n) is 6.03. The Balaban J connectivity index is 1.84. The summed E-state index contributed by atoms with van der Waals surface area (Å²) >= 11 is 3.59. The van der Waals surface area contributed by atoms with Gasteiger partial charge in [-0.05, 0) is 47.9 Å². The lowest BCUT2D eigenvalue weighted by Gasteiger charge is -2.14. The molecule has 5 aromatic rings. The Morgan fingerprint density at radius 2 is 1.39 bits per heavy atom. The van der Waals surface area contributed by atoms with E-state index in [0.717, 1.165) is 41.6 Å². The van der Waals surface area contributed by atoms with Crippen molar-refractivity contribution in [3.8, 4) is 11.4 Å². The first kappa shape index (κ1) is 20.1. The largest absolute Gasteiger partial charge is 0.378 e. The predicted octanol–water partition coefficient (Wildman–Crippen LogP) is 7.25. The van der Waals surface area contributed by atoms with Crippen LogP contribution < -0.4 is 4.90 Å². The van der Waals surface area contributed by atoms with Crippen LogP contribution in [0.15, 0.2) is 72.8 Å². The molecule has 5 rings (SSSR count). The summed E-state index contributed by atoms with van der Waals surface area (Å²) in [6, 6.07) is 26.1. The molecule has 0 amide bonds. The summed E-state index contributed by atoms with van der Waals surface area (Å²) in [7, 11) is 4.14. The number of rotatable bonds is 6. The van der Waals surface area contributed by atoms with E-state index in [1.54, 1.807) is 0 Å². The lowest BCUT2D eigenvalue weighted by molar-refractivity contribution is 0.657. The van der Waals surface area contributed by atoms with E-state index in [1.165, 1.54) is 32.7 Å². The molecule has 0 unspecified atom stereocenters. The maximum atomic E-state index is 5.25. The van der Waals surface area contributed by atoms with Crippen molar-refractivity contribution in [1.29, 1.82) is 0 Å². The number of alkyl halides is 1. The van der Waals surface area contributed by atoms with Crippen LogP contribution in [0.5, 0.6) is 0 Å². The van der Waals surface area contributed by atoms with Crippen LogP contribution in [-0.2, 0) is 6.54 Å². The molecule has 3 nitrogen and oxygen atoms in total. The summed E-state index contributed by atoms with van der Waals surface area (Å²) in [6.07, 6.45) is 2.25. The van der Waals surface area contributed by atoms with Crippen LogP contribution >= 0.6 is 15.9 Å². The van der Waals surface area contributed by atoms with E-state index in [9.17, 15) is 0 Å². The Labute approximate surface area is 191 Å². The molecule has 31 heavy (non-hydrogen) atoms. The summed E-state index contributed by atoms with van der Waals surface area (Å²) in [6.45, 7) is 0.954. The van der Waals surface area contributed by atoms with Gasteiger partial charge in [0.2, 0.25) is 0 Å². The second-order valence-corrected chi connectivity index (χ2v) is 9.01. The standard InChI is InChI=1S/C27H26BrN3/c1-30(2)20-15-13-19(14-16-20)27-29-25-23-11-5-3-9-21(23)22-10-4-6-12-24(22)26(25)31(27)18-8-7-17-28/h3-6,9-16H,7-8,17-18H2,1-2H3. The van der Waals surface area contributed by atoms with Gasteiger partial charge in [-0.2, -0.15) is 0 Å². The van der Waals surface area contributed by atoms with Gasteiger partial charge in [0.15, 0.2) is 0 Å². The second-order valence-electron chi connectivity index (χ2n) is 8.21. The van der Waals surface area contributed by atoms with Crippen molar-refractivity contribution in [2.45, 2.75) is 19.4 Å². The van der Waals surface area contributed by atoms with Gasteiger partial charge in [0.05, 0.1) is 11.0 Å². The Kier molecular flexibility index (Phi) is 5.41. The van der Waals surface area contributed by atoms with Crippen molar-refractivity contribution >= 4 is 54.2 Å². The molecular weight excluding hydrogens is 446 g/mol. The van der Waals surface area contributed by atoms with Gasteiger partial charge in [0.1, 0.15) is 5.82 Å². The molecule has 4 heteroatoms. The van der Waals surface area contributed by atoms with Crippen LogP contribution in [0.4, 0.5) is 5.69 Å². The molecule has 0 fully saturated rings. The van der Waals surface area contributed by atoms with Gasteiger partial charge in [-0.3, -0.25) is 0 Å². The average molecular weight is 472 g/mol. The Morgan fingerprint density at radius 1 is 0.774 bits per heavy atom. The number of fused-ring (bicyclic) bond motifs is 6. The normalized spacial score (nSPS) is 11.6. The first-order chi connectivity index (χ1) is 15.2. The third-order valence-corrected chi connectivity index (χ3v) is 6.59. The number of unbranched alkanes of at least 4 members (excludes halogenated alkanes) is 1. The number of imidazole rings is 1. The molecule has 0 radical (unpaired) electrons. The minimum atomic E-state index is 0.954. The fourth-order valence-electron chi connectivity index (χ4n) is 4.47. The molecule has 0 aliphatic carbocycles. The third kappa shape index (κ3) is 3.49. The SMILES string of the molecule is CN(C)c1ccc(-c2nc3c4ccccc4c4ccccc4c3n2CCCCBr)cc1. The van der Waals surface area contributed by atoms with Crippen molar-refractivity contribution in [2.75, 3.05) is 24.3 Å². The molecule has 0 aliphatic heterocycles. The van der Waals surface area contributed by atoms with Crippen molar-refractivity contribution in [2.24, 2.45) is 0 Å². The quantitative estimate of drug-likeness (QED) is 0.147. The van der Waals surface area contributed by atoms with Gasteiger partial charge in [-0.25, -0.2) is 4.98 Å². The molecule has 156 valence electrons. The fraction of sp³-hybridized carbons (Fsp3) is 0.222. The van der Waals surface area contributed by atoms with E-state index in [-0.39, 0.29) is 0 Å². The molecular formula is C27H26BrN3. The lowest BCUT2D eigenvalue weighted by Crippen LogP contribution is -2.08. The van der Waals surface area contributed by atoms with E-state index in [0.29, 0.717) is 0 Å². The molecule has 0 saturated carbocycles. The van der Waals surface area contributed by atoms with Crippen molar-refractivity contribution in [3.63, 3.8) is 0 Å². The number of hydrogen-bond acceptors (Lipinski definition) is 2. The van der Waals surface area contributed by atoms with Crippen molar-refractivity contribution < 1.29 is 0 Å². The highest BCUT2D eigenvalue weighted by Crippen LogP contribution is 2.37. The van der Waals surface area contributed by atoms with Crippen LogP contribution in [0.2, 0.25) is 0 Å². The maximum absolute atomic E-state index is 5.25. The monoisotopic (exact) mass is 471 g/mol. The van der Waals surface area contributed by atoms with E-state index in [4.69, 9.17) is 4.98 Å². The fourth-order valence-corrected chi connectivity index (χ4v) is 4.87. The summed E-state index contributed by atoms with van der Waals surface area (Å²) in [5.41, 5.74) is 4.70. The number of nitrogens with zero attached hydrogens (tertiary/aromatic N) is 3. The lowest BCUT2D eigenvalue weighted by atomic mass is 10.00. The first-order valence-corrected chi connectivity index (χ1v) is 11.9. The van der Waals surface area contributed by atoms with Crippen LogP contribution in [0.1, 0.15) is 12.8 Å². The Morgan fingerprint density at radius 3 is 2.03 bits per heavy atom. The highest BCUT2D eigenvalue weighted by Gasteiger charge is 2.18. The molecule has 0 atom stereocenters. The number of aryl methyl sites for hydroxylation is 1. The minimum Gasteiger partial charge on any atom is -0.378 e. The number of benzene rings is 4. The molecule has 1 aromatic heterocycles. The molecule has 0 aliphatic rings. The van der Waals surface area contributed by atoms with Gasteiger partial charge in [-0.15, -0.1) is 0 Å². The van der Waals surface area contributed by atoms with E-state index < -0.39 is 0 Å². The van der Waals surface area contributed by atoms with Gasteiger partial charge in [0.25, 0.3) is 0 Å². The van der Waals surface area contributed by atoms with Crippen LogP contribution in [0.3, 0.4) is 0 Å². The van der Waals surface area contributed by atoms with Crippen LogP contribution in [-0.4, -0.2) is 29.0 Å². The minimum absolute atomic E-state index is 0.954. The number of hydrogen-bond donors (Lipinski definition) is 0. The molecule has 0 bridgehead atoms. The van der Waals surface area contributed by atoms with Gasteiger partial charge >= 0.3 is 0 Å². The summed E-state index contributed by atoms with van der Waals surface area (Å²) in [5, 5.41) is 6.09. The zero-order valence-electron chi connectivity index (χ0n) is 18.0. The van der Waals surface area contributed by atoms with Gasteiger partial charge in [0, 0.05) is 48.0 Å². The number of aromatic nitrogens is 2. The molecule has 0 N–H and O–H groups in total. The van der Waals surface area contributed by atoms with Crippen molar-refractivity contribution in [1.82, 2.24) is 9.55 Å². The summed E-state index contributed by atoms with van der Waals surface area (Å²) in [5.74, 6) is 1.05. The summed E-state index contributed by atoms with van der Waals surface area (Å²) < 4.78 is 2.44. The molecule has 4 aromatic carbocycles. The second kappa shape index (κ2) is 8.35. The zero-order chi connectivity index (χ0) is 21.4. The zero-order valence-corrected chi connectivity index (χ0v) is 19.6. The highest BCUT2D eigenvalue weighted by molar-refractivity contribution is 9.09. The van der Waals surface area contributed by atoms with E-state index in [2.05, 4.69) is 112 Å². The molecule has 0 spiro atoms. The predicted molar refractivity (Wildman–Crippen MR) is 138 cm³/mol. The van der Waals surface area contributed by atoms with Gasteiger partial charge < -0.3 is 9.47 Å². The highest BCUT2D eigenvalue weighted by atomic mass is 79.9. The van der Waals surface area contributed by atoms with E-state index >= 15 is 0 Å². The smallest absolute Gasteiger partial charge is 0.141 e. The first-order valence-electron chi connectivity index (χ1n) is 10.8. The topological polar surface area (TPSA) is 21.1 Å². The Bertz CT molecular complexity index is 1370. The van der Waals surface area contributed by atoms with Crippen molar-refractivity contribution in [3.05, 3.63) is 72.8 Å². The van der Waals surface area contributed by atoms with Crippen LogP contribution in [0, 0.1) is 0 Å². The Hall–Kier alpha value is -2.85. The van der Waals surface area contributed by atoms with Crippen LogP contribution in [0.25, 0.3) is 44.0 Å².